The summed E-state index contributed by atoms with van der Waals surface area (Å²) < 4.78 is 13.5. The molecule has 114 valence electrons. The van der Waals surface area contributed by atoms with E-state index in [2.05, 4.69) is 0 Å². The maximum atomic E-state index is 13.5. The second-order valence-corrected chi connectivity index (χ2v) is 6.48. The lowest BCUT2D eigenvalue weighted by molar-refractivity contribution is -0.152. The normalized spacial score (nSPS) is 17.5. The average molecular weight is 311 g/mol. The molecule has 0 spiro atoms. The van der Waals surface area contributed by atoms with E-state index < -0.39 is 11.4 Å². The lowest BCUT2D eigenvalue weighted by Crippen LogP contribution is -2.45. The topological polar surface area (TPSA) is 57.6 Å². The first-order valence-corrected chi connectivity index (χ1v) is 7.79. The van der Waals surface area contributed by atoms with Gasteiger partial charge in [-0.05, 0) is 31.9 Å². The van der Waals surface area contributed by atoms with Crippen LogP contribution < -0.4 is 0 Å². The van der Waals surface area contributed by atoms with Crippen molar-refractivity contribution in [2.45, 2.75) is 24.7 Å². The van der Waals surface area contributed by atoms with Crippen LogP contribution in [0.2, 0.25) is 0 Å². The minimum atomic E-state index is -0.810. The molecule has 1 aliphatic rings. The fourth-order valence-electron chi connectivity index (χ4n) is 2.26. The zero-order valence-corrected chi connectivity index (χ0v) is 12.7. The highest BCUT2D eigenvalue weighted by Gasteiger charge is 2.37. The van der Waals surface area contributed by atoms with Crippen molar-refractivity contribution in [1.82, 2.24) is 4.90 Å². The van der Waals surface area contributed by atoms with Crippen molar-refractivity contribution in [2.75, 3.05) is 18.8 Å². The van der Waals surface area contributed by atoms with Crippen molar-refractivity contribution >= 4 is 23.6 Å². The molecule has 0 saturated carbocycles. The van der Waals surface area contributed by atoms with Crippen molar-refractivity contribution in [1.29, 1.82) is 0 Å². The zero-order valence-electron chi connectivity index (χ0n) is 11.8. The Morgan fingerprint density at radius 2 is 1.95 bits per heavy atom. The molecular formula is C15H18FNO3S. The molecule has 0 radical (unpaired) electrons. The van der Waals surface area contributed by atoms with Crippen LogP contribution in [0.5, 0.6) is 0 Å². The number of amides is 1. The second kappa shape index (κ2) is 6.47. The van der Waals surface area contributed by atoms with Crippen molar-refractivity contribution in [2.24, 2.45) is 5.41 Å². The van der Waals surface area contributed by atoms with Gasteiger partial charge in [0.1, 0.15) is 5.82 Å². The van der Waals surface area contributed by atoms with E-state index >= 15 is 0 Å². The van der Waals surface area contributed by atoms with E-state index in [4.69, 9.17) is 5.11 Å². The van der Waals surface area contributed by atoms with Gasteiger partial charge >= 0.3 is 5.97 Å². The standard InChI is InChI=1S/C15H18FNO3S/c1-15(14(19)20)6-8-17(9-7-15)13(18)10-21-12-5-3-2-4-11(12)16/h2-5H,6-10H2,1H3,(H,19,20). The Morgan fingerprint density at radius 1 is 1.33 bits per heavy atom. The lowest BCUT2D eigenvalue weighted by Gasteiger charge is -2.36. The number of hydrogen-bond donors (Lipinski definition) is 1. The first kappa shape index (κ1) is 15.8. The number of carbonyl (C=O) groups excluding carboxylic acids is 1. The van der Waals surface area contributed by atoms with E-state index in [-0.39, 0.29) is 17.5 Å². The van der Waals surface area contributed by atoms with Crippen LogP contribution in [0, 0.1) is 11.2 Å². The SMILES string of the molecule is CC1(C(=O)O)CCN(C(=O)CSc2ccccc2F)CC1. The number of aliphatic carboxylic acids is 1. The summed E-state index contributed by atoms with van der Waals surface area (Å²) in [5.41, 5.74) is -0.741. The lowest BCUT2D eigenvalue weighted by atomic mass is 9.80. The Bertz CT molecular complexity index is 541. The first-order valence-electron chi connectivity index (χ1n) is 6.81. The van der Waals surface area contributed by atoms with Gasteiger partial charge in [-0.15, -0.1) is 11.8 Å². The van der Waals surface area contributed by atoms with E-state index in [1.807, 2.05) is 0 Å². The van der Waals surface area contributed by atoms with Gasteiger partial charge in [0.2, 0.25) is 5.91 Å². The molecule has 1 fully saturated rings. The predicted molar refractivity (Wildman–Crippen MR) is 78.7 cm³/mol. The molecule has 1 aromatic rings. The molecule has 1 aromatic carbocycles. The number of nitrogens with zero attached hydrogens (tertiary/aromatic N) is 1. The molecule has 0 atom stereocenters. The second-order valence-electron chi connectivity index (χ2n) is 5.47. The van der Waals surface area contributed by atoms with Crippen LogP contribution in [0.25, 0.3) is 0 Å². The minimum absolute atomic E-state index is 0.0734. The fourth-order valence-corrected chi connectivity index (χ4v) is 3.10. The number of halogens is 1. The number of carboxylic acid groups (broad SMARTS) is 1. The van der Waals surface area contributed by atoms with Gasteiger partial charge in [0.25, 0.3) is 0 Å². The van der Waals surface area contributed by atoms with Crippen molar-refractivity contribution in [3.05, 3.63) is 30.1 Å². The molecule has 0 aromatic heterocycles. The highest BCUT2D eigenvalue weighted by Crippen LogP contribution is 2.31. The van der Waals surface area contributed by atoms with Gasteiger partial charge in [-0.25, -0.2) is 4.39 Å². The molecule has 0 unspecified atom stereocenters. The quantitative estimate of drug-likeness (QED) is 0.869. The number of carboxylic acids is 1. The van der Waals surface area contributed by atoms with E-state index in [1.54, 1.807) is 30.0 Å². The third-order valence-corrected chi connectivity index (χ3v) is 4.96. The van der Waals surface area contributed by atoms with E-state index in [9.17, 15) is 14.0 Å². The fraction of sp³-hybridized carbons (Fsp3) is 0.467. The van der Waals surface area contributed by atoms with Crippen LogP contribution >= 0.6 is 11.8 Å². The van der Waals surface area contributed by atoms with Crippen molar-refractivity contribution in [3.8, 4) is 0 Å². The average Bonchev–Trinajstić information content (AvgIpc) is 2.46. The number of hydrogen-bond acceptors (Lipinski definition) is 3. The molecular weight excluding hydrogens is 293 g/mol. The minimum Gasteiger partial charge on any atom is -0.481 e. The van der Waals surface area contributed by atoms with Gasteiger partial charge in [-0.1, -0.05) is 12.1 Å². The van der Waals surface area contributed by atoms with Crippen molar-refractivity contribution < 1.29 is 19.1 Å². The summed E-state index contributed by atoms with van der Waals surface area (Å²) in [6.45, 7) is 2.60. The number of carbonyl (C=O) groups is 2. The number of piperidine rings is 1. The van der Waals surface area contributed by atoms with Gasteiger partial charge in [0, 0.05) is 18.0 Å². The Morgan fingerprint density at radius 3 is 2.52 bits per heavy atom. The third kappa shape index (κ3) is 3.75. The summed E-state index contributed by atoms with van der Waals surface area (Å²) in [6, 6.07) is 6.35. The van der Waals surface area contributed by atoms with Crippen molar-refractivity contribution in [3.63, 3.8) is 0 Å². The highest BCUT2D eigenvalue weighted by atomic mass is 32.2. The van der Waals surface area contributed by atoms with Crippen LogP contribution in [0.3, 0.4) is 0 Å². The van der Waals surface area contributed by atoms with E-state index in [0.717, 1.165) is 0 Å². The molecule has 0 aliphatic carbocycles. The highest BCUT2D eigenvalue weighted by molar-refractivity contribution is 8.00. The Labute approximate surface area is 127 Å². The van der Waals surface area contributed by atoms with Crippen LogP contribution in [-0.4, -0.2) is 40.7 Å². The van der Waals surface area contributed by atoms with Gasteiger partial charge in [0.05, 0.1) is 11.2 Å². The molecule has 4 nitrogen and oxygen atoms in total. The number of benzene rings is 1. The molecule has 1 aliphatic heterocycles. The van der Waals surface area contributed by atoms with Gasteiger partial charge in [-0.2, -0.15) is 0 Å². The maximum Gasteiger partial charge on any atom is 0.309 e. The summed E-state index contributed by atoms with van der Waals surface area (Å²) in [5, 5.41) is 9.16. The van der Waals surface area contributed by atoms with Crippen LogP contribution in [0.15, 0.2) is 29.2 Å². The molecule has 1 heterocycles. The Kier molecular flexibility index (Phi) is 4.88. The summed E-state index contributed by atoms with van der Waals surface area (Å²) in [4.78, 5) is 25.4. The Hall–Kier alpha value is -1.56. The third-order valence-electron chi connectivity index (χ3n) is 3.92. The monoisotopic (exact) mass is 311 g/mol. The summed E-state index contributed by atoms with van der Waals surface area (Å²) in [7, 11) is 0. The molecule has 1 N–H and O–H groups in total. The summed E-state index contributed by atoms with van der Waals surface area (Å²) in [6.07, 6.45) is 0.914. The molecule has 21 heavy (non-hydrogen) atoms. The van der Waals surface area contributed by atoms with Gasteiger partial charge in [-0.3, -0.25) is 9.59 Å². The summed E-state index contributed by atoms with van der Waals surface area (Å²) >= 11 is 1.17. The van der Waals surface area contributed by atoms with E-state index in [0.29, 0.717) is 30.8 Å². The smallest absolute Gasteiger partial charge is 0.309 e. The molecule has 1 amide bonds. The summed E-state index contributed by atoms with van der Waals surface area (Å²) in [5.74, 6) is -1.04. The van der Waals surface area contributed by atoms with E-state index in [1.165, 1.54) is 17.8 Å². The molecule has 2 rings (SSSR count). The largest absolute Gasteiger partial charge is 0.481 e. The molecule has 0 bridgehead atoms. The van der Waals surface area contributed by atoms with Gasteiger partial charge in [0.15, 0.2) is 0 Å². The number of rotatable bonds is 4. The first-order chi connectivity index (χ1) is 9.92. The number of likely N-dealkylation sites (tertiary alicyclic amines) is 1. The number of thioether (sulfide) groups is 1. The van der Waals surface area contributed by atoms with Crippen LogP contribution in [0.1, 0.15) is 19.8 Å². The molecule has 1 saturated heterocycles. The zero-order chi connectivity index (χ0) is 15.5. The predicted octanol–water partition coefficient (Wildman–Crippen LogP) is 2.63. The van der Waals surface area contributed by atoms with Crippen LogP contribution in [0.4, 0.5) is 4.39 Å². The van der Waals surface area contributed by atoms with Gasteiger partial charge < -0.3 is 10.0 Å². The Balaban J connectivity index is 1.86. The maximum absolute atomic E-state index is 13.5. The van der Waals surface area contributed by atoms with Crippen LogP contribution in [-0.2, 0) is 9.59 Å². The molecule has 6 heteroatoms.